The van der Waals surface area contributed by atoms with Gasteiger partial charge in [-0.25, -0.2) is 0 Å². The van der Waals surface area contributed by atoms with Crippen LogP contribution in [0.1, 0.15) is 0 Å². The van der Waals surface area contributed by atoms with Crippen molar-refractivity contribution in [2.24, 2.45) is 0 Å². The Balaban J connectivity index is 2.95. The van der Waals surface area contributed by atoms with Gasteiger partial charge in [0.15, 0.2) is 5.65 Å². The highest BCUT2D eigenvalue weighted by atomic mass is 15.2. The van der Waals surface area contributed by atoms with Crippen LogP contribution in [-0.4, -0.2) is 19.6 Å². The molecule has 5 heteroatoms. The van der Waals surface area contributed by atoms with Gasteiger partial charge in [-0.1, -0.05) is 0 Å². The highest BCUT2D eigenvalue weighted by Gasteiger charge is 1.95. The molecule has 0 amide bonds. The Bertz CT molecular complexity index is 352. The number of nitrogen functional groups attached to an aromatic ring is 1. The van der Waals surface area contributed by atoms with Gasteiger partial charge < -0.3 is 5.73 Å². The van der Waals surface area contributed by atoms with Crippen LogP contribution in [0.5, 0.6) is 0 Å². The standard InChI is InChI=1S/C5H5N5/c6-4-1-7-2-5-9-8-3-10(4)5/h1-3H,6H2. The quantitative estimate of drug-likeness (QED) is 0.538. The molecule has 0 aliphatic heterocycles. The second kappa shape index (κ2) is 1.66. The van der Waals surface area contributed by atoms with Gasteiger partial charge in [0.2, 0.25) is 0 Å². The van der Waals surface area contributed by atoms with Crippen molar-refractivity contribution in [2.45, 2.75) is 0 Å². The molecule has 0 unspecified atom stereocenters. The number of nitrogens with two attached hydrogens (primary N) is 1. The lowest BCUT2D eigenvalue weighted by atomic mass is 10.6. The predicted molar refractivity (Wildman–Crippen MR) is 35.2 cm³/mol. The van der Waals surface area contributed by atoms with Crippen molar-refractivity contribution >= 4 is 11.5 Å². The van der Waals surface area contributed by atoms with Crippen LogP contribution in [0.25, 0.3) is 5.65 Å². The molecule has 0 saturated heterocycles. The van der Waals surface area contributed by atoms with Crippen molar-refractivity contribution < 1.29 is 0 Å². The summed E-state index contributed by atoms with van der Waals surface area (Å²) in [5.41, 5.74) is 6.19. The molecule has 5 nitrogen and oxygen atoms in total. The molecule has 2 heterocycles. The zero-order valence-electron chi connectivity index (χ0n) is 5.10. The molecule has 10 heavy (non-hydrogen) atoms. The highest BCUT2D eigenvalue weighted by Crippen LogP contribution is 2.01. The summed E-state index contributed by atoms with van der Waals surface area (Å²) in [4.78, 5) is 3.84. The van der Waals surface area contributed by atoms with Crippen molar-refractivity contribution in [2.75, 3.05) is 5.73 Å². The maximum Gasteiger partial charge on any atom is 0.180 e. The van der Waals surface area contributed by atoms with Gasteiger partial charge in [-0.3, -0.25) is 9.38 Å². The lowest BCUT2D eigenvalue weighted by molar-refractivity contribution is 1.10. The van der Waals surface area contributed by atoms with E-state index in [4.69, 9.17) is 5.73 Å². The van der Waals surface area contributed by atoms with E-state index in [1.54, 1.807) is 23.1 Å². The number of nitrogens with zero attached hydrogens (tertiary/aromatic N) is 4. The molecule has 0 fully saturated rings. The molecule has 2 aromatic rings. The average molecular weight is 135 g/mol. The molecule has 0 saturated carbocycles. The molecule has 0 radical (unpaired) electrons. The Labute approximate surface area is 56.5 Å². The Morgan fingerprint density at radius 2 is 2.30 bits per heavy atom. The van der Waals surface area contributed by atoms with Crippen molar-refractivity contribution in [1.82, 2.24) is 19.6 Å². The van der Waals surface area contributed by atoms with E-state index in [0.29, 0.717) is 11.5 Å². The van der Waals surface area contributed by atoms with Crippen molar-refractivity contribution in [3.63, 3.8) is 0 Å². The second-order valence-electron chi connectivity index (χ2n) is 1.89. The van der Waals surface area contributed by atoms with Gasteiger partial charge in [0.25, 0.3) is 0 Å². The maximum atomic E-state index is 5.52. The Kier molecular flexibility index (Phi) is 0.858. The summed E-state index contributed by atoms with van der Waals surface area (Å²) in [5.74, 6) is 0.544. The summed E-state index contributed by atoms with van der Waals surface area (Å²) in [7, 11) is 0. The van der Waals surface area contributed by atoms with Crippen LogP contribution in [0.3, 0.4) is 0 Å². The zero-order chi connectivity index (χ0) is 6.97. The zero-order valence-corrected chi connectivity index (χ0v) is 5.10. The predicted octanol–water partition coefficient (Wildman–Crippen LogP) is -0.294. The molecule has 0 aromatic carbocycles. The largest absolute Gasteiger partial charge is 0.383 e. The molecule has 0 aliphatic rings. The van der Waals surface area contributed by atoms with Crippen molar-refractivity contribution in [3.05, 3.63) is 18.7 Å². The fourth-order valence-electron chi connectivity index (χ4n) is 0.773. The normalized spacial score (nSPS) is 10.4. The van der Waals surface area contributed by atoms with Crippen LogP contribution in [0.4, 0.5) is 5.82 Å². The molecule has 0 bridgehead atoms. The Morgan fingerprint density at radius 3 is 3.10 bits per heavy atom. The van der Waals surface area contributed by atoms with Crippen LogP contribution in [0.15, 0.2) is 18.7 Å². The first-order valence-electron chi connectivity index (χ1n) is 2.77. The monoisotopic (exact) mass is 135 g/mol. The topological polar surface area (TPSA) is 69.1 Å². The second-order valence-corrected chi connectivity index (χ2v) is 1.89. The van der Waals surface area contributed by atoms with Gasteiger partial charge in [0, 0.05) is 0 Å². The highest BCUT2D eigenvalue weighted by molar-refractivity contribution is 5.41. The molecule has 2 aromatic heterocycles. The van der Waals surface area contributed by atoms with Crippen molar-refractivity contribution in [3.8, 4) is 0 Å². The smallest absolute Gasteiger partial charge is 0.180 e. The molecule has 0 spiro atoms. The summed E-state index contributed by atoms with van der Waals surface area (Å²) in [5, 5.41) is 7.41. The first kappa shape index (κ1) is 5.16. The fourth-order valence-corrected chi connectivity index (χ4v) is 0.773. The van der Waals surface area contributed by atoms with Gasteiger partial charge in [-0.2, -0.15) is 0 Å². The first-order chi connectivity index (χ1) is 4.88. The first-order valence-corrected chi connectivity index (χ1v) is 2.77. The molecular formula is C5H5N5. The van der Waals surface area contributed by atoms with Crippen molar-refractivity contribution in [1.29, 1.82) is 0 Å². The van der Waals surface area contributed by atoms with Crippen LogP contribution in [0, 0.1) is 0 Å². The third kappa shape index (κ3) is 0.540. The minimum Gasteiger partial charge on any atom is -0.383 e. The number of hydrogen-bond donors (Lipinski definition) is 1. The van der Waals surface area contributed by atoms with Crippen LogP contribution in [-0.2, 0) is 0 Å². The Hall–Kier alpha value is -1.65. The van der Waals surface area contributed by atoms with Gasteiger partial charge >= 0.3 is 0 Å². The fraction of sp³-hybridized carbons (Fsp3) is 0. The average Bonchev–Trinajstić information content (AvgIpc) is 2.36. The van der Waals surface area contributed by atoms with E-state index in [-0.39, 0.29) is 0 Å². The van der Waals surface area contributed by atoms with E-state index in [0.717, 1.165) is 0 Å². The third-order valence-electron chi connectivity index (χ3n) is 1.25. The molecule has 2 rings (SSSR count). The molecule has 0 atom stereocenters. The molecule has 50 valence electrons. The van der Waals surface area contributed by atoms with E-state index >= 15 is 0 Å². The number of hydrogen-bond acceptors (Lipinski definition) is 4. The summed E-state index contributed by atoms with van der Waals surface area (Å²) < 4.78 is 1.66. The summed E-state index contributed by atoms with van der Waals surface area (Å²) in [6, 6.07) is 0. The summed E-state index contributed by atoms with van der Waals surface area (Å²) in [6.45, 7) is 0. The summed E-state index contributed by atoms with van der Waals surface area (Å²) in [6.07, 6.45) is 4.70. The van der Waals surface area contributed by atoms with Crippen LogP contribution < -0.4 is 5.73 Å². The SMILES string of the molecule is Nc1cncc2nncn12. The minimum atomic E-state index is 0.544. The minimum absolute atomic E-state index is 0.544. The van der Waals surface area contributed by atoms with E-state index in [2.05, 4.69) is 15.2 Å². The number of anilines is 1. The molecule has 0 aliphatic carbocycles. The van der Waals surface area contributed by atoms with Gasteiger partial charge in [0.1, 0.15) is 12.1 Å². The van der Waals surface area contributed by atoms with Gasteiger partial charge in [-0.05, 0) is 0 Å². The molecule has 2 N–H and O–H groups in total. The van der Waals surface area contributed by atoms with Gasteiger partial charge in [-0.15, -0.1) is 10.2 Å². The lowest BCUT2D eigenvalue weighted by Crippen LogP contribution is -1.95. The summed E-state index contributed by atoms with van der Waals surface area (Å²) >= 11 is 0. The number of fused-ring (bicyclic) bond motifs is 1. The van der Waals surface area contributed by atoms with E-state index in [1.807, 2.05) is 0 Å². The van der Waals surface area contributed by atoms with Gasteiger partial charge in [0.05, 0.1) is 12.4 Å². The third-order valence-corrected chi connectivity index (χ3v) is 1.25. The van der Waals surface area contributed by atoms with E-state index in [9.17, 15) is 0 Å². The van der Waals surface area contributed by atoms with E-state index < -0.39 is 0 Å². The number of rotatable bonds is 0. The lowest BCUT2D eigenvalue weighted by Gasteiger charge is -1.93. The maximum absolute atomic E-state index is 5.52. The van der Waals surface area contributed by atoms with E-state index in [1.165, 1.54) is 0 Å². The Morgan fingerprint density at radius 1 is 1.40 bits per heavy atom. The molecular weight excluding hydrogens is 130 g/mol. The van der Waals surface area contributed by atoms with Crippen LogP contribution in [0.2, 0.25) is 0 Å². The number of aromatic nitrogens is 4. The van der Waals surface area contributed by atoms with Crippen LogP contribution >= 0.6 is 0 Å².